The zero-order valence-electron chi connectivity index (χ0n) is 8.88. The predicted molar refractivity (Wildman–Crippen MR) is 61.0 cm³/mol. The van der Waals surface area contributed by atoms with Crippen molar-refractivity contribution < 1.29 is 9.53 Å². The maximum absolute atomic E-state index is 11.6. The molecule has 0 fully saturated rings. The Balaban J connectivity index is 2.53. The third-order valence-electron chi connectivity index (χ3n) is 2.31. The summed E-state index contributed by atoms with van der Waals surface area (Å²) in [5, 5.41) is 0. The van der Waals surface area contributed by atoms with Crippen LogP contribution in [0.1, 0.15) is 10.4 Å². The molecule has 0 radical (unpaired) electrons. The Morgan fingerprint density at radius 1 is 1.19 bits per heavy atom. The van der Waals surface area contributed by atoms with Gasteiger partial charge in [0, 0.05) is 18.0 Å². The molecule has 2 rings (SSSR count). The number of pyridine rings is 1. The quantitative estimate of drug-likeness (QED) is 0.719. The SMILES string of the molecule is COC(=O)c1ccncc1-c1ccccc1. The Bertz CT molecular complexity index is 494. The molecule has 0 aliphatic heterocycles. The Kier molecular flexibility index (Phi) is 2.96. The molecule has 0 unspecified atom stereocenters. The third kappa shape index (κ3) is 1.93. The zero-order valence-corrected chi connectivity index (χ0v) is 8.88. The summed E-state index contributed by atoms with van der Waals surface area (Å²) in [5.74, 6) is -0.346. The van der Waals surface area contributed by atoms with Gasteiger partial charge in [-0.15, -0.1) is 0 Å². The number of carbonyl (C=O) groups excluding carboxylic acids is 1. The van der Waals surface area contributed by atoms with Crippen molar-refractivity contribution in [3.63, 3.8) is 0 Å². The molecule has 0 aliphatic carbocycles. The number of hydrogen-bond acceptors (Lipinski definition) is 3. The summed E-state index contributed by atoms with van der Waals surface area (Å²) in [5.41, 5.74) is 2.27. The maximum Gasteiger partial charge on any atom is 0.338 e. The lowest BCUT2D eigenvalue weighted by atomic mass is 10.0. The molecule has 16 heavy (non-hydrogen) atoms. The van der Waals surface area contributed by atoms with Crippen molar-refractivity contribution in [1.82, 2.24) is 4.98 Å². The first-order chi connectivity index (χ1) is 7.83. The minimum atomic E-state index is -0.346. The lowest BCUT2D eigenvalue weighted by Gasteiger charge is -2.06. The van der Waals surface area contributed by atoms with Crippen LogP contribution in [0.25, 0.3) is 11.1 Å². The second-order valence-corrected chi connectivity index (χ2v) is 3.28. The van der Waals surface area contributed by atoms with Gasteiger partial charge in [0.1, 0.15) is 0 Å². The van der Waals surface area contributed by atoms with E-state index in [0.29, 0.717) is 5.56 Å². The Hall–Kier alpha value is -2.16. The van der Waals surface area contributed by atoms with E-state index in [1.165, 1.54) is 7.11 Å². The number of ether oxygens (including phenoxy) is 1. The van der Waals surface area contributed by atoms with Gasteiger partial charge in [-0.25, -0.2) is 4.79 Å². The molecule has 1 aromatic carbocycles. The van der Waals surface area contributed by atoms with E-state index in [1.54, 1.807) is 18.5 Å². The second-order valence-electron chi connectivity index (χ2n) is 3.28. The predicted octanol–water partition coefficient (Wildman–Crippen LogP) is 2.54. The molecule has 0 atom stereocenters. The molecule has 0 spiro atoms. The van der Waals surface area contributed by atoms with Crippen LogP contribution < -0.4 is 0 Å². The first kappa shape index (κ1) is 10.4. The van der Waals surface area contributed by atoms with Crippen LogP contribution in [0.3, 0.4) is 0 Å². The van der Waals surface area contributed by atoms with Gasteiger partial charge in [0.05, 0.1) is 12.7 Å². The molecular weight excluding hydrogens is 202 g/mol. The van der Waals surface area contributed by atoms with E-state index >= 15 is 0 Å². The molecule has 2 aromatic rings. The average Bonchev–Trinajstić information content (AvgIpc) is 2.39. The number of rotatable bonds is 2. The van der Waals surface area contributed by atoms with Gasteiger partial charge in [0.25, 0.3) is 0 Å². The number of methoxy groups -OCH3 is 1. The van der Waals surface area contributed by atoms with Crippen molar-refractivity contribution in [3.8, 4) is 11.1 Å². The smallest absolute Gasteiger partial charge is 0.338 e. The molecule has 0 saturated heterocycles. The van der Waals surface area contributed by atoms with Gasteiger partial charge in [-0.3, -0.25) is 4.98 Å². The fraction of sp³-hybridized carbons (Fsp3) is 0.0769. The number of nitrogens with zero attached hydrogens (tertiary/aromatic N) is 1. The molecule has 1 aromatic heterocycles. The number of aromatic nitrogens is 1. The van der Waals surface area contributed by atoms with E-state index in [0.717, 1.165) is 11.1 Å². The molecule has 80 valence electrons. The Morgan fingerprint density at radius 2 is 1.94 bits per heavy atom. The molecule has 0 aliphatic rings. The Morgan fingerprint density at radius 3 is 2.62 bits per heavy atom. The molecule has 0 bridgehead atoms. The summed E-state index contributed by atoms with van der Waals surface area (Å²) in [6, 6.07) is 11.3. The van der Waals surface area contributed by atoms with Crippen LogP contribution in [0.5, 0.6) is 0 Å². The average molecular weight is 213 g/mol. The summed E-state index contributed by atoms with van der Waals surface area (Å²) < 4.78 is 4.73. The first-order valence-corrected chi connectivity index (χ1v) is 4.90. The largest absolute Gasteiger partial charge is 0.465 e. The van der Waals surface area contributed by atoms with Gasteiger partial charge in [0.2, 0.25) is 0 Å². The molecule has 3 nitrogen and oxygen atoms in total. The van der Waals surface area contributed by atoms with Gasteiger partial charge in [-0.2, -0.15) is 0 Å². The van der Waals surface area contributed by atoms with Crippen LogP contribution in [0, 0.1) is 0 Å². The van der Waals surface area contributed by atoms with Crippen molar-refractivity contribution in [1.29, 1.82) is 0 Å². The number of esters is 1. The van der Waals surface area contributed by atoms with Gasteiger partial charge < -0.3 is 4.74 Å². The van der Waals surface area contributed by atoms with E-state index in [2.05, 4.69) is 4.98 Å². The monoisotopic (exact) mass is 213 g/mol. The first-order valence-electron chi connectivity index (χ1n) is 4.90. The summed E-state index contributed by atoms with van der Waals surface area (Å²) in [7, 11) is 1.37. The maximum atomic E-state index is 11.6. The van der Waals surface area contributed by atoms with Crippen LogP contribution in [-0.4, -0.2) is 18.1 Å². The fourth-order valence-electron chi connectivity index (χ4n) is 1.53. The van der Waals surface area contributed by atoms with Crippen LogP contribution in [0.15, 0.2) is 48.8 Å². The van der Waals surface area contributed by atoms with Crippen LogP contribution in [0.4, 0.5) is 0 Å². The fourth-order valence-corrected chi connectivity index (χ4v) is 1.53. The molecule has 3 heteroatoms. The van der Waals surface area contributed by atoms with Gasteiger partial charge >= 0.3 is 5.97 Å². The summed E-state index contributed by atoms with van der Waals surface area (Å²) in [6.45, 7) is 0. The summed E-state index contributed by atoms with van der Waals surface area (Å²) in [6.07, 6.45) is 3.25. The highest BCUT2D eigenvalue weighted by Gasteiger charge is 2.12. The van der Waals surface area contributed by atoms with Crippen LogP contribution >= 0.6 is 0 Å². The van der Waals surface area contributed by atoms with Crippen molar-refractivity contribution in [2.45, 2.75) is 0 Å². The van der Waals surface area contributed by atoms with Crippen molar-refractivity contribution in [3.05, 3.63) is 54.4 Å². The second kappa shape index (κ2) is 4.57. The molecular formula is C13H11NO2. The molecule has 0 saturated carbocycles. The molecule has 1 heterocycles. The standard InChI is InChI=1S/C13H11NO2/c1-16-13(15)11-7-8-14-9-12(11)10-5-3-2-4-6-10/h2-9H,1H3. The van der Waals surface area contributed by atoms with Gasteiger partial charge in [-0.1, -0.05) is 30.3 Å². The highest BCUT2D eigenvalue weighted by Crippen LogP contribution is 2.22. The van der Waals surface area contributed by atoms with E-state index in [4.69, 9.17) is 4.74 Å². The van der Waals surface area contributed by atoms with Crippen molar-refractivity contribution >= 4 is 5.97 Å². The highest BCUT2D eigenvalue weighted by molar-refractivity contribution is 5.96. The minimum absolute atomic E-state index is 0.346. The van der Waals surface area contributed by atoms with Gasteiger partial charge in [-0.05, 0) is 11.6 Å². The number of benzene rings is 1. The molecule has 0 amide bonds. The lowest BCUT2D eigenvalue weighted by Crippen LogP contribution is -2.03. The van der Waals surface area contributed by atoms with E-state index in [1.807, 2.05) is 30.3 Å². The van der Waals surface area contributed by atoms with E-state index in [-0.39, 0.29) is 5.97 Å². The van der Waals surface area contributed by atoms with Crippen LogP contribution in [0.2, 0.25) is 0 Å². The van der Waals surface area contributed by atoms with Crippen molar-refractivity contribution in [2.24, 2.45) is 0 Å². The van der Waals surface area contributed by atoms with E-state index < -0.39 is 0 Å². The highest BCUT2D eigenvalue weighted by atomic mass is 16.5. The Labute approximate surface area is 93.7 Å². The minimum Gasteiger partial charge on any atom is -0.465 e. The number of hydrogen-bond donors (Lipinski definition) is 0. The molecule has 0 N–H and O–H groups in total. The summed E-state index contributed by atoms with van der Waals surface area (Å²) in [4.78, 5) is 15.6. The third-order valence-corrected chi connectivity index (χ3v) is 2.31. The zero-order chi connectivity index (χ0) is 11.4. The lowest BCUT2D eigenvalue weighted by molar-refractivity contribution is 0.0601. The topological polar surface area (TPSA) is 39.2 Å². The van der Waals surface area contributed by atoms with Crippen LogP contribution in [-0.2, 0) is 4.74 Å². The summed E-state index contributed by atoms with van der Waals surface area (Å²) >= 11 is 0. The van der Waals surface area contributed by atoms with E-state index in [9.17, 15) is 4.79 Å². The normalized spacial score (nSPS) is 9.81. The number of carbonyl (C=O) groups is 1. The van der Waals surface area contributed by atoms with Gasteiger partial charge in [0.15, 0.2) is 0 Å². The van der Waals surface area contributed by atoms with Crippen molar-refractivity contribution in [2.75, 3.05) is 7.11 Å².